The summed E-state index contributed by atoms with van der Waals surface area (Å²) >= 11 is 0. The van der Waals surface area contributed by atoms with Gasteiger partial charge in [-0.05, 0) is 35.9 Å². The maximum atomic E-state index is 12.5. The van der Waals surface area contributed by atoms with E-state index in [1.54, 1.807) is 42.5 Å². The molecule has 0 amide bonds. The van der Waals surface area contributed by atoms with Crippen LogP contribution in [0.5, 0.6) is 0 Å². The molecule has 0 atom stereocenters. The first-order chi connectivity index (χ1) is 9.61. The van der Waals surface area contributed by atoms with Crippen LogP contribution in [0.4, 0.5) is 0 Å². The van der Waals surface area contributed by atoms with Gasteiger partial charge in [-0.15, -0.1) is 0 Å². The third-order valence-corrected chi connectivity index (χ3v) is 4.94. The average molecular weight is 287 g/mol. The number of sulfone groups is 1. The number of benzene rings is 2. The predicted octanol–water partition coefficient (Wildman–Crippen LogP) is 1.85. The molecular formula is C14H13N3O2S. The first kappa shape index (κ1) is 12.8. The number of nitrogens with two attached hydrogens (primary N) is 1. The predicted molar refractivity (Wildman–Crippen MR) is 75.9 cm³/mol. The molecule has 3 aromatic rings. The van der Waals surface area contributed by atoms with Crippen LogP contribution in [0.1, 0.15) is 5.56 Å². The maximum absolute atomic E-state index is 12.5. The molecule has 0 saturated heterocycles. The molecule has 0 spiro atoms. The molecule has 20 heavy (non-hydrogen) atoms. The number of fused-ring (bicyclic) bond motifs is 1. The summed E-state index contributed by atoms with van der Waals surface area (Å²) in [4.78, 5) is 7.49. The number of imidazole rings is 1. The molecule has 0 bridgehead atoms. The van der Waals surface area contributed by atoms with Crippen LogP contribution in [-0.4, -0.2) is 18.4 Å². The van der Waals surface area contributed by atoms with E-state index in [2.05, 4.69) is 9.97 Å². The standard InChI is InChI=1S/C14H13N3O2S/c15-8-10-1-3-11(4-2-10)20(18,19)12-5-6-13-14(7-12)17-9-16-13/h1-7,9H,8,15H2,(H,16,17). The summed E-state index contributed by atoms with van der Waals surface area (Å²) in [5.74, 6) is 0. The molecule has 0 aliphatic rings. The molecule has 3 N–H and O–H groups in total. The van der Waals surface area contributed by atoms with Crippen molar-refractivity contribution in [1.29, 1.82) is 0 Å². The van der Waals surface area contributed by atoms with E-state index in [1.165, 1.54) is 6.33 Å². The Hall–Kier alpha value is -2.18. The number of hydrogen-bond donors (Lipinski definition) is 2. The Morgan fingerprint density at radius 3 is 2.45 bits per heavy atom. The van der Waals surface area contributed by atoms with Crippen molar-refractivity contribution in [3.63, 3.8) is 0 Å². The van der Waals surface area contributed by atoms with Crippen LogP contribution in [0.15, 0.2) is 58.6 Å². The second-order valence-electron chi connectivity index (χ2n) is 4.43. The molecule has 5 nitrogen and oxygen atoms in total. The first-order valence-corrected chi connectivity index (χ1v) is 7.57. The average Bonchev–Trinajstić information content (AvgIpc) is 2.94. The minimum Gasteiger partial charge on any atom is -0.345 e. The lowest BCUT2D eigenvalue weighted by Gasteiger charge is -2.05. The van der Waals surface area contributed by atoms with Gasteiger partial charge in [0, 0.05) is 6.54 Å². The molecule has 102 valence electrons. The maximum Gasteiger partial charge on any atom is 0.206 e. The van der Waals surface area contributed by atoms with Gasteiger partial charge in [-0.2, -0.15) is 0 Å². The molecule has 0 unspecified atom stereocenters. The lowest BCUT2D eigenvalue weighted by Crippen LogP contribution is -2.03. The highest BCUT2D eigenvalue weighted by atomic mass is 32.2. The van der Waals surface area contributed by atoms with Gasteiger partial charge in [0.2, 0.25) is 9.84 Å². The van der Waals surface area contributed by atoms with E-state index in [-0.39, 0.29) is 9.79 Å². The van der Waals surface area contributed by atoms with E-state index >= 15 is 0 Å². The molecule has 3 rings (SSSR count). The highest BCUT2D eigenvalue weighted by Crippen LogP contribution is 2.23. The van der Waals surface area contributed by atoms with Crippen molar-refractivity contribution in [1.82, 2.24) is 9.97 Å². The molecule has 6 heteroatoms. The first-order valence-electron chi connectivity index (χ1n) is 6.08. The number of nitrogens with zero attached hydrogens (tertiary/aromatic N) is 1. The van der Waals surface area contributed by atoms with Crippen molar-refractivity contribution in [2.45, 2.75) is 16.3 Å². The zero-order valence-electron chi connectivity index (χ0n) is 10.6. The summed E-state index contributed by atoms with van der Waals surface area (Å²) in [5.41, 5.74) is 7.84. The number of aromatic amines is 1. The zero-order valence-corrected chi connectivity index (χ0v) is 11.4. The van der Waals surface area contributed by atoms with Gasteiger partial charge in [0.15, 0.2) is 0 Å². The SMILES string of the molecule is NCc1ccc(S(=O)(=O)c2ccc3nc[nH]c3c2)cc1. The molecule has 1 aromatic heterocycles. The van der Waals surface area contributed by atoms with Crippen LogP contribution in [0.3, 0.4) is 0 Å². The van der Waals surface area contributed by atoms with Gasteiger partial charge >= 0.3 is 0 Å². The Morgan fingerprint density at radius 2 is 1.75 bits per heavy atom. The Labute approximate surface area is 116 Å². The number of rotatable bonds is 3. The van der Waals surface area contributed by atoms with Gasteiger partial charge in [0.1, 0.15) is 0 Å². The van der Waals surface area contributed by atoms with Gasteiger partial charge in [0.05, 0.1) is 27.2 Å². The summed E-state index contributed by atoms with van der Waals surface area (Å²) in [5, 5.41) is 0. The van der Waals surface area contributed by atoms with Crippen LogP contribution in [0.25, 0.3) is 11.0 Å². The van der Waals surface area contributed by atoms with Crippen molar-refractivity contribution in [2.75, 3.05) is 0 Å². The molecule has 0 radical (unpaired) electrons. The van der Waals surface area contributed by atoms with Gasteiger partial charge in [-0.3, -0.25) is 0 Å². The van der Waals surface area contributed by atoms with Gasteiger partial charge in [-0.25, -0.2) is 13.4 Å². The second-order valence-corrected chi connectivity index (χ2v) is 6.38. The Balaban J connectivity index is 2.09. The smallest absolute Gasteiger partial charge is 0.206 e. The minimum absolute atomic E-state index is 0.245. The molecule has 2 aromatic carbocycles. The van der Waals surface area contributed by atoms with E-state index in [1.807, 2.05) is 0 Å². The second kappa shape index (κ2) is 4.73. The Bertz CT molecular complexity index is 852. The van der Waals surface area contributed by atoms with Crippen molar-refractivity contribution in [3.8, 4) is 0 Å². The molecule has 0 aliphatic heterocycles. The fourth-order valence-corrected chi connectivity index (χ4v) is 3.31. The van der Waals surface area contributed by atoms with Crippen LogP contribution < -0.4 is 5.73 Å². The molecule has 0 aliphatic carbocycles. The van der Waals surface area contributed by atoms with Gasteiger partial charge in [0.25, 0.3) is 0 Å². The lowest BCUT2D eigenvalue weighted by molar-refractivity contribution is 0.596. The molecular weight excluding hydrogens is 274 g/mol. The van der Waals surface area contributed by atoms with E-state index in [0.29, 0.717) is 12.1 Å². The summed E-state index contributed by atoms with van der Waals surface area (Å²) in [6.07, 6.45) is 1.54. The van der Waals surface area contributed by atoms with E-state index < -0.39 is 9.84 Å². The topological polar surface area (TPSA) is 88.8 Å². The number of hydrogen-bond acceptors (Lipinski definition) is 4. The van der Waals surface area contributed by atoms with E-state index in [0.717, 1.165) is 11.1 Å². The summed E-state index contributed by atoms with van der Waals surface area (Å²) < 4.78 is 25.1. The summed E-state index contributed by atoms with van der Waals surface area (Å²) in [7, 11) is -3.52. The molecule has 0 fully saturated rings. The van der Waals surface area contributed by atoms with Crippen LogP contribution in [0.2, 0.25) is 0 Å². The van der Waals surface area contributed by atoms with Crippen LogP contribution in [-0.2, 0) is 16.4 Å². The zero-order chi connectivity index (χ0) is 14.2. The molecule has 0 saturated carbocycles. The highest BCUT2D eigenvalue weighted by Gasteiger charge is 2.18. The van der Waals surface area contributed by atoms with Crippen molar-refractivity contribution >= 4 is 20.9 Å². The minimum atomic E-state index is -3.52. The fourth-order valence-electron chi connectivity index (χ4n) is 2.02. The van der Waals surface area contributed by atoms with E-state index in [9.17, 15) is 8.42 Å². The van der Waals surface area contributed by atoms with Gasteiger partial charge < -0.3 is 10.7 Å². The number of nitrogens with one attached hydrogen (secondary N) is 1. The summed E-state index contributed by atoms with van der Waals surface area (Å²) in [6.45, 7) is 0.389. The number of aromatic nitrogens is 2. The van der Waals surface area contributed by atoms with Gasteiger partial charge in [-0.1, -0.05) is 12.1 Å². The Morgan fingerprint density at radius 1 is 1.05 bits per heavy atom. The Kier molecular flexibility index (Phi) is 3.04. The lowest BCUT2D eigenvalue weighted by atomic mass is 10.2. The highest BCUT2D eigenvalue weighted by molar-refractivity contribution is 7.91. The number of H-pyrrole nitrogens is 1. The van der Waals surface area contributed by atoms with E-state index in [4.69, 9.17) is 5.73 Å². The molecule has 1 heterocycles. The fraction of sp³-hybridized carbons (Fsp3) is 0.0714. The monoisotopic (exact) mass is 287 g/mol. The van der Waals surface area contributed by atoms with Crippen molar-refractivity contribution < 1.29 is 8.42 Å². The normalized spacial score (nSPS) is 11.8. The van der Waals surface area contributed by atoms with Crippen molar-refractivity contribution in [3.05, 3.63) is 54.4 Å². The quantitative estimate of drug-likeness (QED) is 0.769. The summed E-state index contributed by atoms with van der Waals surface area (Å²) in [6, 6.07) is 11.4. The van der Waals surface area contributed by atoms with Crippen LogP contribution >= 0.6 is 0 Å². The third-order valence-electron chi connectivity index (χ3n) is 3.17. The van der Waals surface area contributed by atoms with Crippen molar-refractivity contribution in [2.24, 2.45) is 5.73 Å². The third kappa shape index (κ3) is 2.09. The van der Waals surface area contributed by atoms with Crippen LogP contribution in [0, 0.1) is 0 Å². The largest absolute Gasteiger partial charge is 0.345 e.